The topological polar surface area (TPSA) is 92.0 Å². The van der Waals surface area contributed by atoms with Gasteiger partial charge in [-0.2, -0.15) is 10.1 Å². The van der Waals surface area contributed by atoms with Gasteiger partial charge in [-0.1, -0.05) is 55.1 Å². The Bertz CT molecular complexity index is 2160. The maximum Gasteiger partial charge on any atom is 0.226 e. The van der Waals surface area contributed by atoms with Crippen molar-refractivity contribution in [3.63, 3.8) is 0 Å². The van der Waals surface area contributed by atoms with E-state index < -0.39 is 0 Å². The van der Waals surface area contributed by atoms with Crippen LogP contribution in [0.15, 0.2) is 72.1 Å². The lowest BCUT2D eigenvalue weighted by Crippen LogP contribution is -2.19. The fourth-order valence-corrected chi connectivity index (χ4v) is 7.10. The molecule has 0 amide bonds. The monoisotopic (exact) mass is 631 g/mol. The Morgan fingerprint density at radius 2 is 1.91 bits per heavy atom. The van der Waals surface area contributed by atoms with E-state index in [1.165, 1.54) is 17.8 Å². The van der Waals surface area contributed by atoms with Crippen LogP contribution in [0, 0.1) is 5.82 Å². The Hall–Kier alpha value is -4.67. The molecule has 1 atom stereocenters. The number of carbonyl (C=O) groups excluding carboxylic acids is 1. The largest absolute Gasteiger partial charge is 0.472 e. The third-order valence-electron chi connectivity index (χ3n) is 8.87. The molecule has 3 aromatic carbocycles. The first-order valence-corrected chi connectivity index (χ1v) is 16.7. The van der Waals surface area contributed by atoms with Crippen LogP contribution in [0.5, 0.6) is 5.88 Å². The van der Waals surface area contributed by atoms with E-state index in [0.717, 1.165) is 46.5 Å². The maximum atomic E-state index is 15.5. The van der Waals surface area contributed by atoms with Crippen molar-refractivity contribution < 1.29 is 18.7 Å². The Balaban J connectivity index is 1.37. The lowest BCUT2D eigenvalue weighted by molar-refractivity contribution is -0.0366. The number of thioether (sulfide) groups is 1. The van der Waals surface area contributed by atoms with Gasteiger partial charge in [0.1, 0.15) is 18.1 Å². The third-order valence-corrected chi connectivity index (χ3v) is 9.42. The standard InChI is InChI=1S/C36H30FN5O3S/c1-3-22-25(37)13-12-21-17-26-24(18-39-42(26)27-11-7-8-16-44-27)29(28(21)22)32-30-23(14-15-38-32)31-33(34(30)43)40-36(46-2)41-35(31)45-19-20-9-5-4-6-10-20/h4-6,9-10,12-15,17-18,27H,3,7-8,11,16,19H2,1-2H3. The number of benzene rings is 3. The molecule has 230 valence electrons. The van der Waals surface area contributed by atoms with Crippen LogP contribution >= 0.6 is 11.8 Å². The smallest absolute Gasteiger partial charge is 0.226 e. The van der Waals surface area contributed by atoms with Gasteiger partial charge in [-0.3, -0.25) is 9.78 Å². The van der Waals surface area contributed by atoms with Crippen molar-refractivity contribution in [2.75, 3.05) is 12.9 Å². The molecule has 8 nitrogen and oxygen atoms in total. The molecule has 4 heterocycles. The zero-order chi connectivity index (χ0) is 31.4. The molecule has 1 saturated heterocycles. The molecule has 0 radical (unpaired) electrons. The Morgan fingerprint density at radius 1 is 1.04 bits per heavy atom. The number of fused-ring (bicyclic) bond motifs is 5. The van der Waals surface area contributed by atoms with Crippen LogP contribution in [0.1, 0.15) is 59.6 Å². The van der Waals surface area contributed by atoms with Crippen LogP contribution in [0.4, 0.5) is 4.39 Å². The number of ether oxygens (including phenoxy) is 2. The van der Waals surface area contributed by atoms with Crippen molar-refractivity contribution >= 4 is 39.2 Å². The van der Waals surface area contributed by atoms with Crippen molar-refractivity contribution in [1.82, 2.24) is 24.7 Å². The third kappa shape index (κ3) is 4.58. The van der Waals surface area contributed by atoms with Crippen LogP contribution in [-0.2, 0) is 17.8 Å². The van der Waals surface area contributed by atoms with E-state index in [1.807, 2.05) is 60.3 Å². The lowest BCUT2D eigenvalue weighted by Gasteiger charge is -2.24. The van der Waals surface area contributed by atoms with Gasteiger partial charge < -0.3 is 9.47 Å². The van der Waals surface area contributed by atoms with Crippen molar-refractivity contribution in [3.8, 4) is 28.3 Å². The number of carbonyl (C=O) groups is 1. The quantitative estimate of drug-likeness (QED) is 0.129. The van der Waals surface area contributed by atoms with Crippen LogP contribution in [0.2, 0.25) is 0 Å². The number of halogens is 1. The molecule has 0 saturated carbocycles. The number of aromatic nitrogens is 5. The van der Waals surface area contributed by atoms with E-state index in [-0.39, 0.29) is 30.1 Å². The Morgan fingerprint density at radius 3 is 2.70 bits per heavy atom. The first-order chi connectivity index (χ1) is 22.6. The summed E-state index contributed by atoms with van der Waals surface area (Å²) in [5.74, 6) is -0.223. The number of hydrogen-bond acceptors (Lipinski definition) is 8. The summed E-state index contributed by atoms with van der Waals surface area (Å²) in [7, 11) is 0. The Labute approximate surface area is 269 Å². The predicted molar refractivity (Wildman–Crippen MR) is 176 cm³/mol. The van der Waals surface area contributed by atoms with Crippen molar-refractivity contribution in [2.24, 2.45) is 0 Å². The summed E-state index contributed by atoms with van der Waals surface area (Å²) in [6, 6.07) is 17.0. The highest BCUT2D eigenvalue weighted by molar-refractivity contribution is 7.98. The summed E-state index contributed by atoms with van der Waals surface area (Å²) in [5, 5.41) is 7.57. The van der Waals surface area contributed by atoms with E-state index in [0.29, 0.717) is 57.6 Å². The average molecular weight is 632 g/mol. The van der Waals surface area contributed by atoms with Gasteiger partial charge in [0.05, 0.1) is 28.5 Å². The van der Waals surface area contributed by atoms with Crippen molar-refractivity contribution in [1.29, 1.82) is 0 Å². The fraction of sp³-hybridized carbons (Fsp3) is 0.250. The molecule has 3 aromatic heterocycles. The molecule has 1 fully saturated rings. The van der Waals surface area contributed by atoms with Crippen LogP contribution in [-0.4, -0.2) is 43.4 Å². The summed E-state index contributed by atoms with van der Waals surface area (Å²) in [6.45, 7) is 2.89. The SMILES string of the molecule is CCc1c(F)ccc2cc3c(cnn3C3CCCCO3)c(-c3nccc4c3C(=O)c3nc(SC)nc(OCc5ccccc5)c3-4)c12. The van der Waals surface area contributed by atoms with E-state index in [2.05, 4.69) is 9.97 Å². The molecule has 6 aromatic rings. The van der Waals surface area contributed by atoms with Crippen LogP contribution < -0.4 is 4.74 Å². The number of aryl methyl sites for hydroxylation is 1. The zero-order valence-electron chi connectivity index (χ0n) is 25.4. The van der Waals surface area contributed by atoms with E-state index in [1.54, 1.807) is 18.5 Å². The minimum absolute atomic E-state index is 0.201. The number of rotatable bonds is 7. The first-order valence-electron chi connectivity index (χ1n) is 15.5. The summed E-state index contributed by atoms with van der Waals surface area (Å²) in [5.41, 5.74) is 5.38. The normalized spacial score (nSPS) is 15.8. The zero-order valence-corrected chi connectivity index (χ0v) is 26.2. The van der Waals surface area contributed by atoms with Gasteiger partial charge in [-0.15, -0.1) is 0 Å². The van der Waals surface area contributed by atoms with Gasteiger partial charge in [0.25, 0.3) is 0 Å². The van der Waals surface area contributed by atoms with E-state index in [9.17, 15) is 4.79 Å². The van der Waals surface area contributed by atoms with Gasteiger partial charge in [-0.05, 0) is 72.0 Å². The van der Waals surface area contributed by atoms with Crippen LogP contribution in [0.25, 0.3) is 44.1 Å². The highest BCUT2D eigenvalue weighted by Gasteiger charge is 2.37. The lowest BCUT2D eigenvalue weighted by atomic mass is 9.90. The summed E-state index contributed by atoms with van der Waals surface area (Å²) < 4.78 is 29.8. The first kappa shape index (κ1) is 28.8. The molecule has 10 heteroatoms. The molecule has 46 heavy (non-hydrogen) atoms. The predicted octanol–water partition coefficient (Wildman–Crippen LogP) is 7.95. The summed E-state index contributed by atoms with van der Waals surface area (Å²) in [4.78, 5) is 28.6. The molecule has 0 bridgehead atoms. The van der Waals surface area contributed by atoms with Crippen molar-refractivity contribution in [3.05, 3.63) is 95.2 Å². The highest BCUT2D eigenvalue weighted by atomic mass is 32.2. The number of nitrogens with zero attached hydrogens (tertiary/aromatic N) is 5. The second-order valence-electron chi connectivity index (χ2n) is 11.5. The van der Waals surface area contributed by atoms with Crippen LogP contribution in [0.3, 0.4) is 0 Å². The molecule has 1 aliphatic heterocycles. The molecular weight excluding hydrogens is 601 g/mol. The van der Waals surface area contributed by atoms with E-state index >= 15 is 4.39 Å². The molecule has 1 aliphatic carbocycles. The molecule has 0 spiro atoms. The van der Waals surface area contributed by atoms with Gasteiger partial charge in [0.15, 0.2) is 11.4 Å². The van der Waals surface area contributed by atoms with E-state index in [4.69, 9.17) is 19.6 Å². The highest BCUT2D eigenvalue weighted by Crippen LogP contribution is 2.48. The molecule has 8 rings (SSSR count). The summed E-state index contributed by atoms with van der Waals surface area (Å²) >= 11 is 1.34. The number of ketones is 1. The average Bonchev–Trinajstić information content (AvgIpc) is 3.65. The fourth-order valence-electron chi connectivity index (χ4n) is 6.74. The number of hydrogen-bond donors (Lipinski definition) is 0. The molecular formula is C36H30FN5O3S. The maximum absolute atomic E-state index is 15.5. The molecule has 1 unspecified atom stereocenters. The van der Waals surface area contributed by atoms with Gasteiger partial charge in [-0.25, -0.2) is 14.1 Å². The van der Waals surface area contributed by atoms with Gasteiger partial charge >= 0.3 is 0 Å². The Kier molecular flexibility index (Phi) is 7.26. The second-order valence-corrected chi connectivity index (χ2v) is 12.3. The minimum atomic E-state index is -0.298. The second kappa shape index (κ2) is 11.6. The van der Waals surface area contributed by atoms with Crippen molar-refractivity contribution in [2.45, 2.75) is 50.6 Å². The number of pyridine rings is 1. The summed E-state index contributed by atoms with van der Waals surface area (Å²) in [6.07, 6.45) is 8.52. The molecule has 0 N–H and O–H groups in total. The minimum Gasteiger partial charge on any atom is -0.472 e. The van der Waals surface area contributed by atoms with Gasteiger partial charge in [0, 0.05) is 29.3 Å². The molecule has 2 aliphatic rings. The van der Waals surface area contributed by atoms with Gasteiger partial charge in [0.2, 0.25) is 11.7 Å².